The number of nitrogens with one attached hydrogen (secondary N) is 2. The van der Waals surface area contributed by atoms with Gasteiger partial charge in [-0.05, 0) is 23.8 Å². The van der Waals surface area contributed by atoms with E-state index in [1.807, 2.05) is 36.4 Å². The van der Waals surface area contributed by atoms with Gasteiger partial charge in [-0.2, -0.15) is 5.10 Å². The number of nitrogens with zero attached hydrogens (tertiary/aromatic N) is 5. The van der Waals surface area contributed by atoms with Crippen LogP contribution in [0.25, 0.3) is 22.3 Å². The number of aromatic amines is 1. The predicted molar refractivity (Wildman–Crippen MR) is 104 cm³/mol. The van der Waals surface area contributed by atoms with Crippen molar-refractivity contribution in [3.8, 4) is 11.4 Å². The van der Waals surface area contributed by atoms with E-state index >= 15 is 0 Å². The molecule has 0 amide bonds. The largest absolute Gasteiger partial charge is 0.369 e. The second kappa shape index (κ2) is 6.51. The van der Waals surface area contributed by atoms with Gasteiger partial charge in [0.2, 0.25) is 5.62 Å². The van der Waals surface area contributed by atoms with Crippen LogP contribution in [0, 0.1) is 0 Å². The van der Waals surface area contributed by atoms with Gasteiger partial charge in [-0.15, -0.1) is 0 Å². The van der Waals surface area contributed by atoms with Gasteiger partial charge in [0.15, 0.2) is 5.82 Å². The van der Waals surface area contributed by atoms with E-state index in [1.54, 1.807) is 0 Å². The number of benzene rings is 2. The number of aromatic nitrogens is 5. The van der Waals surface area contributed by atoms with Crippen LogP contribution in [0.4, 0.5) is 5.82 Å². The molecule has 0 fully saturated rings. The van der Waals surface area contributed by atoms with Crippen molar-refractivity contribution in [1.29, 1.82) is 0 Å². The van der Waals surface area contributed by atoms with E-state index < -0.39 is 0 Å². The first-order valence-corrected chi connectivity index (χ1v) is 9.06. The smallest absolute Gasteiger partial charge is 0.227 e. The Bertz CT molecular complexity index is 1190. The van der Waals surface area contributed by atoms with Crippen LogP contribution in [0.3, 0.4) is 0 Å². The molecule has 0 saturated heterocycles. The first kappa shape index (κ1) is 16.0. The monoisotopic (exact) mass is 377 g/mol. The lowest BCUT2D eigenvalue weighted by molar-refractivity contribution is 0.712. The van der Waals surface area contributed by atoms with Gasteiger partial charge in [0.1, 0.15) is 12.1 Å². The van der Waals surface area contributed by atoms with Crippen LogP contribution in [-0.2, 0) is 13.1 Å². The van der Waals surface area contributed by atoms with Crippen molar-refractivity contribution in [3.63, 3.8) is 0 Å². The molecule has 134 valence electrons. The van der Waals surface area contributed by atoms with Gasteiger partial charge in [0.25, 0.3) is 0 Å². The quantitative estimate of drug-likeness (QED) is 0.575. The third kappa shape index (κ3) is 2.76. The fourth-order valence-electron chi connectivity index (χ4n) is 3.38. The molecule has 0 radical (unpaired) electrons. The zero-order valence-corrected chi connectivity index (χ0v) is 15.1. The summed E-state index contributed by atoms with van der Waals surface area (Å²) in [5, 5.41) is 12.1. The third-order valence-corrected chi connectivity index (χ3v) is 5.03. The van der Waals surface area contributed by atoms with Crippen molar-refractivity contribution in [2.75, 3.05) is 11.9 Å². The lowest BCUT2D eigenvalue weighted by Crippen LogP contribution is -2.23. The zero-order chi connectivity index (χ0) is 18.2. The number of para-hydroxylation sites is 1. The summed E-state index contributed by atoms with van der Waals surface area (Å²) in [5.74, 6) is 1.72. The van der Waals surface area contributed by atoms with Crippen LogP contribution < -0.4 is 10.9 Å². The number of halogens is 1. The highest BCUT2D eigenvalue weighted by molar-refractivity contribution is 6.31. The molecule has 8 heteroatoms. The number of hydrogen-bond donors (Lipinski definition) is 2. The Hall–Kier alpha value is -3.19. The molecule has 1 aliphatic heterocycles. The molecule has 5 rings (SSSR count). The topological polar surface area (TPSA) is 83.8 Å². The van der Waals surface area contributed by atoms with E-state index in [2.05, 4.69) is 31.1 Å². The Morgan fingerprint density at radius 3 is 2.93 bits per heavy atom. The normalized spacial score (nSPS) is 13.7. The second-order valence-electron chi connectivity index (χ2n) is 6.28. The van der Waals surface area contributed by atoms with E-state index in [-0.39, 0.29) is 0 Å². The number of hydrogen-bond acceptors (Lipinski definition) is 5. The van der Waals surface area contributed by atoms with Gasteiger partial charge in [0, 0.05) is 29.1 Å². The summed E-state index contributed by atoms with van der Waals surface area (Å²) in [6.45, 7) is 2.15. The predicted octanol–water partition coefficient (Wildman–Crippen LogP) is 3.00. The van der Waals surface area contributed by atoms with Crippen LogP contribution in [-0.4, -0.2) is 31.3 Å². The Kier molecular flexibility index (Phi) is 3.86. The SMILES string of the molecule is Clc1ccccc1CN=c1nc2c(-c3ncn[nH]3)cccc2c2n1CCN2. The minimum Gasteiger partial charge on any atom is -0.369 e. The van der Waals surface area contributed by atoms with Crippen molar-refractivity contribution in [2.45, 2.75) is 13.1 Å². The van der Waals surface area contributed by atoms with Crippen molar-refractivity contribution < 1.29 is 0 Å². The molecule has 27 heavy (non-hydrogen) atoms. The maximum absolute atomic E-state index is 6.28. The van der Waals surface area contributed by atoms with Crippen LogP contribution in [0.1, 0.15) is 5.56 Å². The van der Waals surface area contributed by atoms with Crippen LogP contribution >= 0.6 is 11.6 Å². The Labute approximate surface area is 159 Å². The number of H-pyrrole nitrogens is 1. The summed E-state index contributed by atoms with van der Waals surface area (Å²) in [6.07, 6.45) is 1.50. The van der Waals surface area contributed by atoms with Gasteiger partial charge < -0.3 is 5.32 Å². The Morgan fingerprint density at radius 1 is 1.15 bits per heavy atom. The van der Waals surface area contributed by atoms with E-state index in [0.717, 1.165) is 40.9 Å². The van der Waals surface area contributed by atoms with Crippen molar-refractivity contribution in [3.05, 3.63) is 65.0 Å². The molecule has 0 saturated carbocycles. The first-order valence-electron chi connectivity index (χ1n) is 8.68. The standard InChI is InChI=1S/C19H16ClN7/c20-15-7-2-1-4-12(15)10-22-19-25-16-13(17-23-11-24-26-17)5-3-6-14(16)18-21-8-9-27(18)19/h1-7,11,21H,8-10H2,(H,23,24,26). The average molecular weight is 378 g/mol. The van der Waals surface area contributed by atoms with E-state index in [0.29, 0.717) is 23.0 Å². The van der Waals surface area contributed by atoms with Gasteiger partial charge in [-0.3, -0.25) is 9.67 Å². The van der Waals surface area contributed by atoms with Crippen LogP contribution in [0.15, 0.2) is 53.8 Å². The van der Waals surface area contributed by atoms with Crippen molar-refractivity contribution >= 4 is 28.3 Å². The molecule has 0 aliphatic carbocycles. The molecule has 0 bridgehead atoms. The highest BCUT2D eigenvalue weighted by atomic mass is 35.5. The fourth-order valence-corrected chi connectivity index (χ4v) is 3.57. The van der Waals surface area contributed by atoms with Crippen LogP contribution in [0.2, 0.25) is 5.02 Å². The lowest BCUT2D eigenvalue weighted by atomic mass is 10.1. The first-order chi connectivity index (χ1) is 13.3. The molecular weight excluding hydrogens is 362 g/mol. The molecule has 3 heterocycles. The summed E-state index contributed by atoms with van der Waals surface area (Å²) in [5.41, 5.74) is 3.39. The highest BCUT2D eigenvalue weighted by Crippen LogP contribution is 2.29. The maximum Gasteiger partial charge on any atom is 0.227 e. The molecule has 0 spiro atoms. The number of rotatable bonds is 3. The summed E-state index contributed by atoms with van der Waals surface area (Å²) in [6, 6.07) is 13.8. The van der Waals surface area contributed by atoms with E-state index in [1.165, 1.54) is 6.33 Å². The Morgan fingerprint density at radius 2 is 2.07 bits per heavy atom. The molecule has 1 aliphatic rings. The summed E-state index contributed by atoms with van der Waals surface area (Å²) < 4.78 is 2.11. The van der Waals surface area contributed by atoms with Gasteiger partial charge in [-0.25, -0.2) is 15.0 Å². The third-order valence-electron chi connectivity index (χ3n) is 4.66. The molecule has 2 aromatic carbocycles. The lowest BCUT2D eigenvalue weighted by Gasteiger charge is -2.10. The van der Waals surface area contributed by atoms with Gasteiger partial charge in [-0.1, -0.05) is 35.9 Å². The van der Waals surface area contributed by atoms with Gasteiger partial charge in [0.05, 0.1) is 12.1 Å². The Balaban J connectivity index is 1.72. The summed E-state index contributed by atoms with van der Waals surface area (Å²) >= 11 is 6.28. The van der Waals surface area contributed by atoms with Crippen molar-refractivity contribution in [2.24, 2.45) is 4.99 Å². The fraction of sp³-hybridized carbons (Fsp3) is 0.158. The van der Waals surface area contributed by atoms with Crippen LogP contribution in [0.5, 0.6) is 0 Å². The minimum absolute atomic E-state index is 0.474. The molecular formula is C19H16ClN7. The number of fused-ring (bicyclic) bond motifs is 3. The number of anilines is 1. The molecule has 0 atom stereocenters. The molecule has 0 unspecified atom stereocenters. The van der Waals surface area contributed by atoms with E-state index in [4.69, 9.17) is 21.6 Å². The summed E-state index contributed by atoms with van der Waals surface area (Å²) in [4.78, 5) is 13.9. The average Bonchev–Trinajstić information content (AvgIpc) is 3.39. The van der Waals surface area contributed by atoms with Gasteiger partial charge >= 0.3 is 0 Å². The molecule has 4 aromatic rings. The zero-order valence-electron chi connectivity index (χ0n) is 14.4. The molecule has 2 aromatic heterocycles. The second-order valence-corrected chi connectivity index (χ2v) is 6.69. The van der Waals surface area contributed by atoms with E-state index in [9.17, 15) is 0 Å². The summed E-state index contributed by atoms with van der Waals surface area (Å²) in [7, 11) is 0. The van der Waals surface area contributed by atoms with Crippen molar-refractivity contribution in [1.82, 2.24) is 24.7 Å². The maximum atomic E-state index is 6.28. The highest BCUT2D eigenvalue weighted by Gasteiger charge is 2.18. The minimum atomic E-state index is 0.474. The molecule has 2 N–H and O–H groups in total. The molecule has 7 nitrogen and oxygen atoms in total.